The molecule has 8 heteroatoms. The monoisotopic (exact) mass is 413 g/mol. The molecule has 1 aliphatic rings. The van der Waals surface area contributed by atoms with Gasteiger partial charge < -0.3 is 14.8 Å². The fourth-order valence-electron chi connectivity index (χ4n) is 2.86. The van der Waals surface area contributed by atoms with Crippen LogP contribution < -0.4 is 14.8 Å². The molecule has 0 saturated carbocycles. The van der Waals surface area contributed by atoms with Crippen molar-refractivity contribution in [2.45, 2.75) is 18.6 Å². The smallest absolute Gasteiger partial charge is 0.242 e. The maximum Gasteiger partial charge on any atom is 0.242 e. The van der Waals surface area contributed by atoms with Crippen LogP contribution in [0.5, 0.6) is 11.5 Å². The first-order valence-corrected chi connectivity index (χ1v) is 9.91. The van der Waals surface area contributed by atoms with Crippen molar-refractivity contribution in [1.29, 1.82) is 0 Å². The van der Waals surface area contributed by atoms with E-state index in [2.05, 4.69) is 10.3 Å². The molecule has 152 valence electrons. The first-order valence-electron chi connectivity index (χ1n) is 9.03. The van der Waals surface area contributed by atoms with Crippen molar-refractivity contribution in [3.63, 3.8) is 0 Å². The summed E-state index contributed by atoms with van der Waals surface area (Å²) in [6, 6.07) is 12.8. The topological polar surface area (TPSA) is 80.2 Å². The molecule has 1 heterocycles. The van der Waals surface area contributed by atoms with E-state index >= 15 is 0 Å². The number of carbonyl (C=O) groups is 2. The molecule has 1 fully saturated rings. The normalized spacial score (nSPS) is 17.5. The predicted octanol–water partition coefficient (Wildman–Crippen LogP) is 3.60. The van der Waals surface area contributed by atoms with Gasteiger partial charge in [0.25, 0.3) is 0 Å². The Hall–Kier alpha value is -3.00. The van der Waals surface area contributed by atoms with Crippen LogP contribution in [-0.4, -0.2) is 48.4 Å². The SMILES string of the molecule is COc1ccc(NC(=O)C[C@H]2SC(=Nc3ccccc3C)N(C)C2=O)c(OC)c1. The molecule has 1 atom stereocenters. The van der Waals surface area contributed by atoms with Gasteiger partial charge in [-0.15, -0.1) is 0 Å². The third-order valence-electron chi connectivity index (χ3n) is 4.53. The Morgan fingerprint density at radius 1 is 1.21 bits per heavy atom. The van der Waals surface area contributed by atoms with Gasteiger partial charge in [-0.05, 0) is 30.7 Å². The predicted molar refractivity (Wildman–Crippen MR) is 115 cm³/mol. The van der Waals surface area contributed by atoms with E-state index in [0.717, 1.165) is 11.3 Å². The number of para-hydroxylation sites is 1. The highest BCUT2D eigenvalue weighted by molar-refractivity contribution is 8.15. The number of amidine groups is 1. The number of amides is 2. The van der Waals surface area contributed by atoms with Gasteiger partial charge in [0.05, 0.1) is 25.6 Å². The average molecular weight is 413 g/mol. The number of hydrogen-bond acceptors (Lipinski definition) is 6. The quantitative estimate of drug-likeness (QED) is 0.783. The number of benzene rings is 2. The van der Waals surface area contributed by atoms with Gasteiger partial charge in [0, 0.05) is 19.5 Å². The van der Waals surface area contributed by atoms with Crippen LogP contribution in [0.2, 0.25) is 0 Å². The van der Waals surface area contributed by atoms with Crippen molar-refractivity contribution in [2.75, 3.05) is 26.6 Å². The Balaban J connectivity index is 1.70. The molecule has 0 spiro atoms. The first kappa shape index (κ1) is 20.7. The van der Waals surface area contributed by atoms with Crippen LogP contribution in [0.3, 0.4) is 0 Å². The van der Waals surface area contributed by atoms with E-state index < -0.39 is 5.25 Å². The van der Waals surface area contributed by atoms with E-state index in [1.165, 1.54) is 23.8 Å². The number of ether oxygens (including phenoxy) is 2. The molecule has 3 rings (SSSR count). The molecule has 1 N–H and O–H groups in total. The molecule has 2 aromatic carbocycles. The number of aryl methyl sites for hydroxylation is 1. The summed E-state index contributed by atoms with van der Waals surface area (Å²) in [4.78, 5) is 31.2. The zero-order valence-corrected chi connectivity index (χ0v) is 17.6. The highest BCUT2D eigenvalue weighted by atomic mass is 32.2. The summed E-state index contributed by atoms with van der Waals surface area (Å²) in [5.74, 6) is 0.700. The van der Waals surface area contributed by atoms with Gasteiger partial charge in [-0.25, -0.2) is 4.99 Å². The number of hydrogen-bond donors (Lipinski definition) is 1. The third kappa shape index (κ3) is 4.71. The molecule has 7 nitrogen and oxygen atoms in total. The largest absolute Gasteiger partial charge is 0.497 e. The molecule has 2 aromatic rings. The summed E-state index contributed by atoms with van der Waals surface area (Å²) >= 11 is 1.30. The van der Waals surface area contributed by atoms with E-state index in [1.54, 1.807) is 32.4 Å². The van der Waals surface area contributed by atoms with E-state index in [0.29, 0.717) is 22.4 Å². The lowest BCUT2D eigenvalue weighted by Gasteiger charge is -2.12. The number of carbonyl (C=O) groups excluding carboxylic acids is 2. The highest BCUT2D eigenvalue weighted by Crippen LogP contribution is 2.33. The minimum absolute atomic E-state index is 0.0375. The molecule has 1 saturated heterocycles. The molecule has 0 unspecified atom stereocenters. The molecular weight excluding hydrogens is 390 g/mol. The standard InChI is InChI=1S/C21H23N3O4S/c1-13-7-5-6-8-15(13)23-21-24(2)20(26)18(29-21)12-19(25)22-16-10-9-14(27-3)11-17(16)28-4/h5-11,18H,12H2,1-4H3,(H,22,25)/t18-/m1/s1. The Labute approximate surface area is 174 Å². The third-order valence-corrected chi connectivity index (χ3v) is 5.75. The van der Waals surface area contributed by atoms with Gasteiger partial charge >= 0.3 is 0 Å². The number of methoxy groups -OCH3 is 2. The van der Waals surface area contributed by atoms with Gasteiger partial charge in [0.1, 0.15) is 16.7 Å². The van der Waals surface area contributed by atoms with Crippen LogP contribution in [0.15, 0.2) is 47.5 Å². The second-order valence-corrected chi connectivity index (χ2v) is 7.67. The van der Waals surface area contributed by atoms with Crippen molar-refractivity contribution in [1.82, 2.24) is 4.90 Å². The zero-order chi connectivity index (χ0) is 21.0. The summed E-state index contributed by atoms with van der Waals surface area (Å²) in [6.45, 7) is 1.97. The van der Waals surface area contributed by atoms with Crippen molar-refractivity contribution in [3.8, 4) is 11.5 Å². The molecule has 1 aliphatic heterocycles. The highest BCUT2D eigenvalue weighted by Gasteiger charge is 2.37. The number of thioether (sulfide) groups is 1. The van der Waals surface area contributed by atoms with E-state index in [-0.39, 0.29) is 18.2 Å². The fraction of sp³-hybridized carbons (Fsp3) is 0.286. The van der Waals surface area contributed by atoms with Crippen LogP contribution in [0.4, 0.5) is 11.4 Å². The number of anilines is 1. The fourth-order valence-corrected chi connectivity index (χ4v) is 4.01. The Morgan fingerprint density at radius 3 is 2.66 bits per heavy atom. The van der Waals surface area contributed by atoms with Crippen LogP contribution in [0.1, 0.15) is 12.0 Å². The second kappa shape index (κ2) is 9.00. The lowest BCUT2D eigenvalue weighted by molar-refractivity contribution is -0.127. The van der Waals surface area contributed by atoms with E-state index in [4.69, 9.17) is 9.47 Å². The lowest BCUT2D eigenvalue weighted by Crippen LogP contribution is -2.30. The number of aliphatic imine (C=N–C) groups is 1. The Kier molecular flexibility index (Phi) is 6.43. The van der Waals surface area contributed by atoms with Crippen LogP contribution in [0, 0.1) is 6.92 Å². The Bertz CT molecular complexity index is 961. The zero-order valence-electron chi connectivity index (χ0n) is 16.8. The molecular formula is C21H23N3O4S. The minimum atomic E-state index is -0.521. The second-order valence-electron chi connectivity index (χ2n) is 6.50. The number of nitrogens with one attached hydrogen (secondary N) is 1. The van der Waals surface area contributed by atoms with E-state index in [9.17, 15) is 9.59 Å². The van der Waals surface area contributed by atoms with Gasteiger partial charge in [-0.1, -0.05) is 30.0 Å². The molecule has 2 amide bonds. The molecule has 0 aliphatic carbocycles. The summed E-state index contributed by atoms with van der Waals surface area (Å²) < 4.78 is 10.5. The van der Waals surface area contributed by atoms with Crippen molar-refractivity contribution < 1.29 is 19.1 Å². The molecule has 0 aromatic heterocycles. The van der Waals surface area contributed by atoms with E-state index in [1.807, 2.05) is 31.2 Å². The van der Waals surface area contributed by atoms with Gasteiger partial charge in [-0.3, -0.25) is 14.5 Å². The number of rotatable bonds is 6. The van der Waals surface area contributed by atoms with Crippen LogP contribution in [0.25, 0.3) is 0 Å². The summed E-state index contributed by atoms with van der Waals surface area (Å²) in [5.41, 5.74) is 2.35. The first-order chi connectivity index (χ1) is 13.9. The average Bonchev–Trinajstić information content (AvgIpc) is 2.97. The van der Waals surface area contributed by atoms with Gasteiger partial charge in [-0.2, -0.15) is 0 Å². The summed E-state index contributed by atoms with van der Waals surface area (Å²) in [5, 5.41) is 2.87. The van der Waals surface area contributed by atoms with Crippen molar-refractivity contribution >= 4 is 40.1 Å². The maximum atomic E-state index is 12.6. The molecule has 0 radical (unpaired) electrons. The minimum Gasteiger partial charge on any atom is -0.497 e. The number of nitrogens with zero attached hydrogens (tertiary/aromatic N) is 2. The van der Waals surface area contributed by atoms with Crippen molar-refractivity contribution in [2.24, 2.45) is 4.99 Å². The molecule has 0 bridgehead atoms. The van der Waals surface area contributed by atoms with Crippen molar-refractivity contribution in [3.05, 3.63) is 48.0 Å². The van der Waals surface area contributed by atoms with Gasteiger partial charge in [0.15, 0.2) is 5.17 Å². The summed E-state index contributed by atoms with van der Waals surface area (Å²) in [7, 11) is 4.75. The molecule has 29 heavy (non-hydrogen) atoms. The van der Waals surface area contributed by atoms with Crippen LogP contribution in [-0.2, 0) is 9.59 Å². The van der Waals surface area contributed by atoms with Gasteiger partial charge in [0.2, 0.25) is 11.8 Å². The Morgan fingerprint density at radius 2 is 1.97 bits per heavy atom. The summed E-state index contributed by atoms with van der Waals surface area (Å²) in [6.07, 6.45) is 0.0375. The lowest BCUT2D eigenvalue weighted by atomic mass is 10.2. The van der Waals surface area contributed by atoms with Crippen LogP contribution >= 0.6 is 11.8 Å². The maximum absolute atomic E-state index is 12.6.